The second-order valence-corrected chi connectivity index (χ2v) is 9.47. The molecule has 0 unspecified atom stereocenters. The monoisotopic (exact) mass is 417 g/mol. The van der Waals surface area contributed by atoms with E-state index in [9.17, 15) is 13.2 Å². The van der Waals surface area contributed by atoms with Crippen molar-refractivity contribution in [1.82, 2.24) is 9.62 Å². The number of rotatable bonds is 6. The summed E-state index contributed by atoms with van der Waals surface area (Å²) in [6, 6.07) is 0. The highest BCUT2D eigenvalue weighted by Crippen LogP contribution is 2.21. The quantitative estimate of drug-likeness (QED) is 0.512. The highest BCUT2D eigenvalue weighted by molar-refractivity contribution is 7.88. The van der Waals surface area contributed by atoms with Crippen molar-refractivity contribution in [2.45, 2.75) is 39.7 Å². The number of sulfonamides is 1. The van der Waals surface area contributed by atoms with Gasteiger partial charge in [0.05, 0.1) is 17.0 Å². The van der Waals surface area contributed by atoms with Crippen LogP contribution in [0.1, 0.15) is 34.1 Å². The molecule has 0 aromatic heterocycles. The van der Waals surface area contributed by atoms with Gasteiger partial charge >= 0.3 is 6.09 Å². The first-order chi connectivity index (χ1) is 12.3. The van der Waals surface area contributed by atoms with Gasteiger partial charge in [0, 0.05) is 19.6 Å². The van der Waals surface area contributed by atoms with Crippen molar-refractivity contribution in [3.8, 4) is 0 Å². The highest BCUT2D eigenvalue weighted by atomic mass is 35.5. The van der Waals surface area contributed by atoms with E-state index in [-0.39, 0.29) is 23.4 Å². The van der Waals surface area contributed by atoms with Gasteiger partial charge < -0.3 is 9.64 Å². The zero-order valence-corrected chi connectivity index (χ0v) is 18.0. The number of carbonyl (C=O) groups excluding carboxylic acids is 1. The molecule has 0 atom stereocenters. The Hall–Kier alpha value is -1.64. The summed E-state index contributed by atoms with van der Waals surface area (Å²) in [6.45, 7) is 8.10. The molecule has 1 aliphatic heterocycles. The Morgan fingerprint density at radius 3 is 2.52 bits per heavy atom. The Labute approximate surface area is 166 Å². The Balaban J connectivity index is 2.75. The lowest BCUT2D eigenvalue weighted by Gasteiger charge is -2.29. The standard InChI is InChI=1S/C18H28ClN3O4S/c1-6-13(12-21-27(5,24)25)11-15(19)16(20)14-7-9-22(10-8-14)17(23)26-18(2,3)4/h6-7,11,20-21H,8-10,12H2,1-5H3/b13-6+,15-11+,20-16?. The molecule has 1 aliphatic rings. The number of allylic oxidation sites excluding steroid dienone is 2. The smallest absolute Gasteiger partial charge is 0.410 e. The Morgan fingerprint density at radius 1 is 1.44 bits per heavy atom. The van der Waals surface area contributed by atoms with E-state index in [1.54, 1.807) is 30.1 Å². The van der Waals surface area contributed by atoms with Crippen molar-refractivity contribution >= 4 is 33.4 Å². The third-order valence-corrected chi connectivity index (χ3v) is 4.61. The number of amides is 1. The molecule has 0 radical (unpaired) electrons. The number of carbonyl (C=O) groups is 1. The van der Waals surface area contributed by atoms with Crippen LogP contribution >= 0.6 is 11.6 Å². The molecule has 0 saturated heterocycles. The minimum atomic E-state index is -3.31. The number of hydrogen-bond acceptors (Lipinski definition) is 5. The first-order valence-electron chi connectivity index (χ1n) is 8.55. The maximum absolute atomic E-state index is 12.1. The van der Waals surface area contributed by atoms with Gasteiger partial charge in [0.15, 0.2) is 0 Å². The topological polar surface area (TPSA) is 99.6 Å². The highest BCUT2D eigenvalue weighted by Gasteiger charge is 2.24. The van der Waals surface area contributed by atoms with E-state index < -0.39 is 15.6 Å². The van der Waals surface area contributed by atoms with Crippen molar-refractivity contribution in [1.29, 1.82) is 5.41 Å². The summed E-state index contributed by atoms with van der Waals surface area (Å²) in [5.74, 6) is 0. The van der Waals surface area contributed by atoms with E-state index in [0.29, 0.717) is 25.1 Å². The van der Waals surface area contributed by atoms with Crippen LogP contribution in [0.15, 0.2) is 34.4 Å². The normalized spacial score (nSPS) is 16.8. The van der Waals surface area contributed by atoms with Crippen molar-refractivity contribution in [2.75, 3.05) is 25.9 Å². The summed E-state index contributed by atoms with van der Waals surface area (Å²) in [5, 5.41) is 8.48. The van der Waals surface area contributed by atoms with Gasteiger partial charge in [0.25, 0.3) is 0 Å². The third-order valence-electron chi connectivity index (χ3n) is 3.64. The maximum atomic E-state index is 12.1. The zero-order chi connectivity index (χ0) is 20.8. The fourth-order valence-corrected chi connectivity index (χ4v) is 2.92. The van der Waals surface area contributed by atoms with Crippen molar-refractivity contribution in [3.05, 3.63) is 34.4 Å². The molecular weight excluding hydrogens is 390 g/mol. The first-order valence-corrected chi connectivity index (χ1v) is 10.8. The van der Waals surface area contributed by atoms with Gasteiger partial charge in [-0.05, 0) is 51.3 Å². The van der Waals surface area contributed by atoms with Crippen LogP contribution in [0.5, 0.6) is 0 Å². The molecule has 1 amide bonds. The van der Waals surface area contributed by atoms with Gasteiger partial charge in [0.2, 0.25) is 10.0 Å². The molecule has 0 aromatic carbocycles. The lowest BCUT2D eigenvalue weighted by molar-refractivity contribution is 0.0267. The Kier molecular flexibility index (Phi) is 8.25. The molecule has 0 fully saturated rings. The summed E-state index contributed by atoms with van der Waals surface area (Å²) in [6.07, 6.45) is 6.28. The van der Waals surface area contributed by atoms with Crippen LogP contribution in [0, 0.1) is 5.41 Å². The summed E-state index contributed by atoms with van der Waals surface area (Å²) in [7, 11) is -3.31. The third kappa shape index (κ3) is 8.73. The maximum Gasteiger partial charge on any atom is 0.410 e. The molecule has 7 nitrogen and oxygen atoms in total. The molecule has 0 aliphatic carbocycles. The summed E-state index contributed by atoms with van der Waals surface area (Å²) >= 11 is 6.25. The fourth-order valence-electron chi connectivity index (χ4n) is 2.23. The van der Waals surface area contributed by atoms with Crippen LogP contribution < -0.4 is 4.72 Å². The molecule has 1 heterocycles. The lowest BCUT2D eigenvalue weighted by atomic mass is 10.0. The molecule has 0 bridgehead atoms. The van der Waals surface area contributed by atoms with Crippen molar-refractivity contribution in [3.63, 3.8) is 0 Å². The van der Waals surface area contributed by atoms with Crippen LogP contribution in [0.3, 0.4) is 0 Å². The first kappa shape index (κ1) is 23.4. The SMILES string of the molecule is C/C=C(\C=C(\Cl)C(=N)C1=CCN(C(=O)OC(C)(C)C)CC1)CNS(C)(=O)=O. The second-order valence-electron chi connectivity index (χ2n) is 7.23. The Bertz CT molecular complexity index is 777. The predicted molar refractivity (Wildman–Crippen MR) is 109 cm³/mol. The van der Waals surface area contributed by atoms with Crippen LogP contribution in [-0.4, -0.2) is 56.6 Å². The summed E-state index contributed by atoms with van der Waals surface area (Å²) < 4.78 is 30.1. The van der Waals surface area contributed by atoms with Crippen molar-refractivity contribution < 1.29 is 17.9 Å². The molecule has 0 aromatic rings. The molecule has 0 spiro atoms. The van der Waals surface area contributed by atoms with Crippen LogP contribution in [0.4, 0.5) is 4.79 Å². The molecule has 0 saturated carbocycles. The molecule has 152 valence electrons. The van der Waals surface area contributed by atoms with Gasteiger partial charge in [-0.2, -0.15) is 0 Å². The summed E-state index contributed by atoms with van der Waals surface area (Å²) in [5.41, 5.74) is 1.01. The van der Waals surface area contributed by atoms with Crippen molar-refractivity contribution in [2.24, 2.45) is 0 Å². The van der Waals surface area contributed by atoms with E-state index in [1.165, 1.54) is 0 Å². The van der Waals surface area contributed by atoms with Gasteiger partial charge in [-0.3, -0.25) is 5.41 Å². The molecule has 27 heavy (non-hydrogen) atoms. The van der Waals surface area contributed by atoms with E-state index in [4.69, 9.17) is 21.7 Å². The number of nitrogens with one attached hydrogen (secondary N) is 2. The average molecular weight is 418 g/mol. The summed E-state index contributed by atoms with van der Waals surface area (Å²) in [4.78, 5) is 13.7. The average Bonchev–Trinajstić information content (AvgIpc) is 2.55. The lowest BCUT2D eigenvalue weighted by Crippen LogP contribution is -2.39. The second kappa shape index (κ2) is 9.52. The number of hydrogen-bond donors (Lipinski definition) is 2. The van der Waals surface area contributed by atoms with Gasteiger partial charge in [-0.25, -0.2) is 17.9 Å². The van der Waals surface area contributed by atoms with E-state index in [1.807, 2.05) is 20.8 Å². The number of halogens is 1. The van der Waals surface area contributed by atoms with E-state index in [2.05, 4.69) is 4.72 Å². The van der Waals surface area contributed by atoms with Gasteiger partial charge in [0.1, 0.15) is 5.60 Å². The number of nitrogens with zero attached hydrogens (tertiary/aromatic N) is 1. The fraction of sp³-hybridized carbons (Fsp3) is 0.556. The van der Waals surface area contributed by atoms with Gasteiger partial charge in [-0.1, -0.05) is 23.8 Å². The van der Waals surface area contributed by atoms with E-state index in [0.717, 1.165) is 11.8 Å². The minimum Gasteiger partial charge on any atom is -0.444 e. The molecular formula is C18H28ClN3O4S. The van der Waals surface area contributed by atoms with Crippen LogP contribution in [0.2, 0.25) is 0 Å². The van der Waals surface area contributed by atoms with E-state index >= 15 is 0 Å². The predicted octanol–water partition coefficient (Wildman–Crippen LogP) is 3.19. The Morgan fingerprint density at radius 2 is 2.07 bits per heavy atom. The zero-order valence-electron chi connectivity index (χ0n) is 16.4. The van der Waals surface area contributed by atoms with Gasteiger partial charge in [-0.15, -0.1) is 0 Å². The number of ether oxygens (including phenoxy) is 1. The molecule has 1 rings (SSSR count). The van der Waals surface area contributed by atoms with Crippen LogP contribution in [0.25, 0.3) is 0 Å². The molecule has 9 heteroatoms. The largest absolute Gasteiger partial charge is 0.444 e. The molecule has 2 N–H and O–H groups in total. The minimum absolute atomic E-state index is 0.101. The van der Waals surface area contributed by atoms with Crippen LogP contribution in [-0.2, 0) is 14.8 Å².